The molecule has 1 aliphatic rings. The number of aromatic nitrogens is 5. The fraction of sp³-hybridized carbons (Fsp3) is 0.424. The summed E-state index contributed by atoms with van der Waals surface area (Å²) in [7, 11) is -1.21. The lowest BCUT2D eigenvalue weighted by Crippen LogP contribution is -2.36. The molecule has 1 saturated carbocycles. The van der Waals surface area contributed by atoms with Crippen molar-refractivity contribution in [1.82, 2.24) is 30.5 Å². The van der Waals surface area contributed by atoms with E-state index in [0.717, 1.165) is 54.0 Å². The maximum atomic E-state index is 12.8. The predicted octanol–water partition coefficient (Wildman–Crippen LogP) is 7.10. The molecular weight excluding hydrogens is 572 g/mol. The largest absolute Gasteiger partial charge is 0.488 e. The second-order valence-corrected chi connectivity index (χ2v) is 18.1. The van der Waals surface area contributed by atoms with Gasteiger partial charge in [0.05, 0.1) is 0 Å². The van der Waals surface area contributed by atoms with Crippen molar-refractivity contribution in [2.24, 2.45) is 0 Å². The molecule has 10 nitrogen and oxygen atoms in total. The molecule has 1 N–H and O–H groups in total. The summed E-state index contributed by atoms with van der Waals surface area (Å²) >= 11 is 0. The summed E-state index contributed by atoms with van der Waals surface area (Å²) in [4.78, 5) is 17.3. The summed E-state index contributed by atoms with van der Waals surface area (Å²) in [5, 5.41) is 15.3. The molecule has 5 rings (SSSR count). The fourth-order valence-corrected chi connectivity index (χ4v) is 5.88. The van der Waals surface area contributed by atoms with Crippen LogP contribution in [0, 0.1) is 0 Å². The molecule has 4 aromatic rings. The van der Waals surface area contributed by atoms with Gasteiger partial charge < -0.3 is 19.5 Å². The molecule has 44 heavy (non-hydrogen) atoms. The van der Waals surface area contributed by atoms with Gasteiger partial charge in [0.1, 0.15) is 24.8 Å². The van der Waals surface area contributed by atoms with E-state index < -0.39 is 14.2 Å². The summed E-state index contributed by atoms with van der Waals surface area (Å²) in [5.41, 5.74) is 3.28. The number of amides is 1. The topological polar surface area (TPSA) is 113 Å². The highest BCUT2D eigenvalue weighted by Gasteiger charge is 2.19. The number of rotatable bonds is 12. The Morgan fingerprint density at radius 2 is 1.75 bits per heavy atom. The van der Waals surface area contributed by atoms with E-state index in [-0.39, 0.29) is 12.8 Å². The molecule has 0 atom stereocenters. The van der Waals surface area contributed by atoms with Gasteiger partial charge in [0.15, 0.2) is 5.82 Å². The van der Waals surface area contributed by atoms with Gasteiger partial charge in [-0.1, -0.05) is 75.7 Å². The smallest absolute Gasteiger partial charge is 0.412 e. The zero-order valence-corrected chi connectivity index (χ0v) is 26.9. The number of hydrogen-bond acceptors (Lipinski definition) is 8. The average Bonchev–Trinajstić information content (AvgIpc) is 3.34. The molecule has 0 unspecified atom stereocenters. The first-order valence-electron chi connectivity index (χ1n) is 15.4. The normalized spacial score (nSPS) is 14.2. The van der Waals surface area contributed by atoms with Crippen LogP contribution >= 0.6 is 0 Å². The number of tetrazole rings is 1. The summed E-state index contributed by atoms with van der Waals surface area (Å²) in [6.45, 7) is 8.25. The van der Waals surface area contributed by atoms with E-state index in [1.54, 1.807) is 23.1 Å². The molecule has 0 spiro atoms. The molecule has 0 radical (unpaired) electrons. The summed E-state index contributed by atoms with van der Waals surface area (Å²) in [6.07, 6.45) is 9.67. The number of carbonyl (C=O) groups excluding carboxylic acids is 1. The van der Waals surface area contributed by atoms with Gasteiger partial charge in [0.25, 0.3) is 0 Å². The summed E-state index contributed by atoms with van der Waals surface area (Å²) in [6, 6.07) is 18.5. The van der Waals surface area contributed by atoms with Crippen LogP contribution in [0.15, 0.2) is 67.0 Å². The van der Waals surface area contributed by atoms with Crippen molar-refractivity contribution in [3.63, 3.8) is 0 Å². The van der Waals surface area contributed by atoms with E-state index >= 15 is 0 Å². The zero-order chi connectivity index (χ0) is 30.8. The first-order chi connectivity index (χ1) is 21.3. The van der Waals surface area contributed by atoms with Crippen molar-refractivity contribution < 1.29 is 19.0 Å². The molecule has 1 amide bonds. The van der Waals surface area contributed by atoms with Crippen molar-refractivity contribution in [2.75, 3.05) is 6.61 Å². The molecule has 0 aliphatic heterocycles. The summed E-state index contributed by atoms with van der Waals surface area (Å²) < 4.78 is 19.6. The Balaban J connectivity index is 1.37. The van der Waals surface area contributed by atoms with Crippen molar-refractivity contribution in [3.05, 3.63) is 72.6 Å². The first-order valence-corrected chi connectivity index (χ1v) is 19.1. The van der Waals surface area contributed by atoms with Gasteiger partial charge in [-0.05, 0) is 59.1 Å². The van der Waals surface area contributed by atoms with Gasteiger partial charge in [-0.3, -0.25) is 4.98 Å². The van der Waals surface area contributed by atoms with Gasteiger partial charge >= 0.3 is 6.09 Å². The number of hydrogen-bond donors (Lipinski definition) is 1. The maximum Gasteiger partial charge on any atom is 0.412 e. The Labute approximate surface area is 260 Å². The Morgan fingerprint density at radius 1 is 0.977 bits per heavy atom. The molecule has 11 heteroatoms. The number of ether oxygens (including phenoxy) is 3. The summed E-state index contributed by atoms with van der Waals surface area (Å²) in [5.74, 6) is 1.61. The maximum absolute atomic E-state index is 12.8. The Kier molecular flexibility index (Phi) is 10.7. The van der Waals surface area contributed by atoms with E-state index in [9.17, 15) is 4.79 Å². The minimum absolute atomic E-state index is 0.143. The van der Waals surface area contributed by atoms with Crippen molar-refractivity contribution in [2.45, 2.75) is 83.6 Å². The highest BCUT2D eigenvalue weighted by Crippen LogP contribution is 2.35. The standard InChI is InChI=1S/C33H42N6O4Si/c1-44(2,3)18-17-41-24-39-32(36-37-38-39)27-19-26(21-34-22-27)30-20-29(43-33(40)35-28-13-9-4-5-10-14-28)15-16-31(30)42-23-25-11-7-6-8-12-25/h6-8,11-12,15-16,19-22,28H,4-5,9-10,13-14,17-18,23-24H2,1-3H3,(H,35,40). The second kappa shape index (κ2) is 15.1. The molecule has 2 heterocycles. The third-order valence-corrected chi connectivity index (χ3v) is 9.33. The van der Waals surface area contributed by atoms with Crippen LogP contribution in [-0.2, 0) is 18.1 Å². The van der Waals surface area contributed by atoms with E-state index in [0.29, 0.717) is 30.5 Å². The second-order valence-electron chi connectivity index (χ2n) is 12.5. The number of nitrogens with zero attached hydrogens (tertiary/aromatic N) is 5. The SMILES string of the molecule is C[Si](C)(C)CCOCn1nnnc1-c1cncc(-c2cc(OC(=O)NC3CCCCCC3)ccc2OCc2ccccc2)c1. The quantitative estimate of drug-likeness (QED) is 0.102. The van der Waals surface area contributed by atoms with Crippen molar-refractivity contribution in [1.29, 1.82) is 0 Å². The van der Waals surface area contributed by atoms with Gasteiger partial charge in [-0.15, -0.1) is 5.10 Å². The molecular formula is C33H42N6O4Si. The number of benzene rings is 2. The zero-order valence-electron chi connectivity index (χ0n) is 25.9. The predicted molar refractivity (Wildman–Crippen MR) is 172 cm³/mol. The third kappa shape index (κ3) is 9.20. The minimum atomic E-state index is -1.21. The number of nitrogens with one attached hydrogen (secondary N) is 1. The molecule has 1 aliphatic carbocycles. The highest BCUT2D eigenvalue weighted by atomic mass is 28.3. The Hall–Kier alpha value is -4.09. The average molecular weight is 615 g/mol. The van der Waals surface area contributed by atoms with Crippen LogP contribution in [-0.4, -0.2) is 52.0 Å². The lowest BCUT2D eigenvalue weighted by Gasteiger charge is -2.17. The monoisotopic (exact) mass is 614 g/mol. The van der Waals surface area contributed by atoms with Gasteiger partial charge in [0.2, 0.25) is 0 Å². The third-order valence-electron chi connectivity index (χ3n) is 7.63. The first kappa shape index (κ1) is 31.3. The van der Waals surface area contributed by atoms with Crippen LogP contribution in [0.4, 0.5) is 4.79 Å². The molecule has 1 fully saturated rings. The molecule has 0 bridgehead atoms. The number of pyridine rings is 1. The highest BCUT2D eigenvalue weighted by molar-refractivity contribution is 6.76. The van der Waals surface area contributed by atoms with Crippen LogP contribution in [0.25, 0.3) is 22.5 Å². The van der Waals surface area contributed by atoms with Crippen LogP contribution in [0.2, 0.25) is 25.7 Å². The van der Waals surface area contributed by atoms with Crippen molar-refractivity contribution >= 4 is 14.2 Å². The van der Waals surface area contributed by atoms with E-state index in [1.165, 1.54) is 12.8 Å². The van der Waals surface area contributed by atoms with Crippen LogP contribution < -0.4 is 14.8 Å². The molecule has 232 valence electrons. The van der Waals surface area contributed by atoms with Crippen LogP contribution in [0.1, 0.15) is 44.1 Å². The molecule has 2 aromatic heterocycles. The Morgan fingerprint density at radius 3 is 2.52 bits per heavy atom. The lowest BCUT2D eigenvalue weighted by molar-refractivity contribution is 0.0784. The number of carbonyl (C=O) groups is 1. The fourth-order valence-electron chi connectivity index (χ4n) is 5.12. The van der Waals surface area contributed by atoms with E-state index in [1.807, 2.05) is 48.5 Å². The van der Waals surface area contributed by atoms with Crippen molar-refractivity contribution in [3.8, 4) is 34.0 Å². The van der Waals surface area contributed by atoms with E-state index in [2.05, 4.69) is 45.5 Å². The van der Waals surface area contributed by atoms with Gasteiger partial charge in [-0.2, -0.15) is 4.68 Å². The molecule has 0 saturated heterocycles. The van der Waals surface area contributed by atoms with Crippen LogP contribution in [0.3, 0.4) is 0 Å². The van der Waals surface area contributed by atoms with Gasteiger partial charge in [-0.25, -0.2) is 4.79 Å². The minimum Gasteiger partial charge on any atom is -0.488 e. The lowest BCUT2D eigenvalue weighted by atomic mass is 10.0. The van der Waals surface area contributed by atoms with E-state index in [4.69, 9.17) is 14.2 Å². The van der Waals surface area contributed by atoms with Gasteiger partial charge in [0, 0.05) is 49.8 Å². The Bertz CT molecular complexity index is 1500. The van der Waals surface area contributed by atoms with Crippen LogP contribution in [0.5, 0.6) is 11.5 Å². The molecule has 2 aromatic carbocycles.